The first kappa shape index (κ1) is 14.9. The van der Waals surface area contributed by atoms with Gasteiger partial charge in [-0.2, -0.15) is 5.26 Å². The lowest BCUT2D eigenvalue weighted by atomic mass is 10.0. The molecule has 0 fully saturated rings. The molecule has 0 aromatic heterocycles. The first-order valence-corrected chi connectivity index (χ1v) is 7.80. The van der Waals surface area contributed by atoms with E-state index in [0.717, 1.165) is 16.7 Å². The van der Waals surface area contributed by atoms with Crippen molar-refractivity contribution >= 4 is 16.7 Å². The summed E-state index contributed by atoms with van der Waals surface area (Å²) in [7, 11) is -1.29. The van der Waals surface area contributed by atoms with Crippen LogP contribution in [0, 0.1) is 11.3 Å². The first-order chi connectivity index (χ1) is 10.1. The summed E-state index contributed by atoms with van der Waals surface area (Å²) < 4.78 is 11.7. The van der Waals surface area contributed by atoms with Crippen LogP contribution in [0.25, 0.3) is 11.1 Å². The van der Waals surface area contributed by atoms with Gasteiger partial charge in [0.15, 0.2) is 0 Å². The van der Waals surface area contributed by atoms with Crippen molar-refractivity contribution in [3.05, 3.63) is 59.7 Å². The number of benzene rings is 2. The van der Waals surface area contributed by atoms with Crippen LogP contribution in [-0.4, -0.2) is 15.9 Å². The van der Waals surface area contributed by atoms with Crippen molar-refractivity contribution in [2.24, 2.45) is 5.73 Å². The predicted molar refractivity (Wildman–Crippen MR) is 82.5 cm³/mol. The quantitative estimate of drug-likeness (QED) is 0.915. The number of primary amides is 1. The SMILES string of the molecule is N#Cc1ccc(-c2cccc(C[S@](=O)CC(N)=O)c2)cc1. The molecular formula is C16H14N2O2S. The lowest BCUT2D eigenvalue weighted by molar-refractivity contribution is -0.115. The number of hydrogen-bond donors (Lipinski definition) is 1. The maximum Gasteiger partial charge on any atom is 0.230 e. The van der Waals surface area contributed by atoms with Gasteiger partial charge in [0, 0.05) is 16.6 Å². The molecule has 0 bridgehead atoms. The van der Waals surface area contributed by atoms with Gasteiger partial charge >= 0.3 is 0 Å². The Kier molecular flexibility index (Phi) is 4.85. The molecule has 1 atom stereocenters. The highest BCUT2D eigenvalue weighted by Gasteiger charge is 2.06. The molecule has 0 saturated heterocycles. The molecule has 0 aliphatic heterocycles. The summed E-state index contributed by atoms with van der Waals surface area (Å²) in [5.74, 6) is -0.384. The van der Waals surface area contributed by atoms with Crippen molar-refractivity contribution in [2.45, 2.75) is 5.75 Å². The fourth-order valence-electron chi connectivity index (χ4n) is 1.97. The van der Waals surface area contributed by atoms with Crippen LogP contribution in [0.4, 0.5) is 0 Å². The van der Waals surface area contributed by atoms with E-state index in [9.17, 15) is 9.00 Å². The Labute approximate surface area is 125 Å². The topological polar surface area (TPSA) is 83.9 Å². The molecule has 4 nitrogen and oxygen atoms in total. The maximum atomic E-state index is 11.7. The molecule has 0 aliphatic carbocycles. The van der Waals surface area contributed by atoms with Gasteiger partial charge in [-0.25, -0.2) is 0 Å². The smallest absolute Gasteiger partial charge is 0.230 e. The van der Waals surface area contributed by atoms with Gasteiger partial charge in [-0.1, -0.05) is 36.4 Å². The largest absolute Gasteiger partial charge is 0.369 e. The monoisotopic (exact) mass is 298 g/mol. The summed E-state index contributed by atoms with van der Waals surface area (Å²) in [5, 5.41) is 8.79. The minimum absolute atomic E-state index is 0.124. The average molecular weight is 298 g/mol. The third-order valence-electron chi connectivity index (χ3n) is 2.91. The second-order valence-electron chi connectivity index (χ2n) is 4.58. The summed E-state index contributed by atoms with van der Waals surface area (Å²) in [4.78, 5) is 10.8. The Bertz CT molecular complexity index is 718. The number of hydrogen-bond acceptors (Lipinski definition) is 3. The van der Waals surface area contributed by atoms with Crippen molar-refractivity contribution in [3.63, 3.8) is 0 Å². The number of nitriles is 1. The molecule has 5 heteroatoms. The van der Waals surface area contributed by atoms with Crippen molar-refractivity contribution < 1.29 is 9.00 Å². The fourth-order valence-corrected chi connectivity index (χ4v) is 2.94. The number of rotatable bonds is 5. The van der Waals surface area contributed by atoms with Gasteiger partial charge in [-0.3, -0.25) is 9.00 Å². The van der Waals surface area contributed by atoms with Crippen LogP contribution in [0.2, 0.25) is 0 Å². The van der Waals surface area contributed by atoms with E-state index in [2.05, 4.69) is 6.07 Å². The van der Waals surface area contributed by atoms with Crippen LogP contribution in [-0.2, 0) is 21.3 Å². The van der Waals surface area contributed by atoms with Gasteiger partial charge in [-0.05, 0) is 28.8 Å². The van der Waals surface area contributed by atoms with E-state index in [4.69, 9.17) is 11.0 Å². The van der Waals surface area contributed by atoms with Gasteiger partial charge in [0.05, 0.1) is 11.6 Å². The lowest BCUT2D eigenvalue weighted by Gasteiger charge is -2.05. The average Bonchev–Trinajstić information content (AvgIpc) is 2.46. The minimum atomic E-state index is -1.29. The van der Waals surface area contributed by atoms with Gasteiger partial charge in [0.25, 0.3) is 0 Å². The van der Waals surface area contributed by atoms with Crippen LogP contribution < -0.4 is 5.73 Å². The molecule has 2 aromatic rings. The zero-order valence-corrected chi connectivity index (χ0v) is 12.1. The van der Waals surface area contributed by atoms with E-state index in [0.29, 0.717) is 11.3 Å². The van der Waals surface area contributed by atoms with Gasteiger partial charge in [0.2, 0.25) is 5.91 Å². The summed E-state index contributed by atoms with van der Waals surface area (Å²) >= 11 is 0. The van der Waals surface area contributed by atoms with E-state index in [1.165, 1.54) is 0 Å². The molecular weight excluding hydrogens is 284 g/mol. The van der Waals surface area contributed by atoms with Crippen LogP contribution in [0.15, 0.2) is 48.5 Å². The molecule has 106 valence electrons. The molecule has 0 radical (unpaired) electrons. The van der Waals surface area contributed by atoms with Crippen molar-refractivity contribution in [2.75, 3.05) is 5.75 Å². The Morgan fingerprint density at radius 1 is 1.14 bits per heavy atom. The van der Waals surface area contributed by atoms with E-state index < -0.39 is 16.7 Å². The van der Waals surface area contributed by atoms with E-state index in [1.807, 2.05) is 36.4 Å². The first-order valence-electron chi connectivity index (χ1n) is 6.31. The van der Waals surface area contributed by atoms with Crippen molar-refractivity contribution in [3.8, 4) is 17.2 Å². The Hall–Kier alpha value is -2.45. The van der Waals surface area contributed by atoms with Crippen LogP contribution in [0.1, 0.15) is 11.1 Å². The molecule has 1 amide bonds. The summed E-state index contributed by atoms with van der Waals surface area (Å²) in [6.45, 7) is 0. The molecule has 2 N–H and O–H groups in total. The minimum Gasteiger partial charge on any atom is -0.369 e. The molecule has 0 heterocycles. The highest BCUT2D eigenvalue weighted by Crippen LogP contribution is 2.21. The highest BCUT2D eigenvalue weighted by molar-refractivity contribution is 7.84. The second kappa shape index (κ2) is 6.82. The molecule has 2 rings (SSSR count). The standard InChI is InChI=1S/C16H14N2O2S/c17-9-12-4-6-14(7-5-12)15-3-1-2-13(8-15)10-21(20)11-16(18)19/h1-8H,10-11H2,(H2,18,19)/t21-/m0/s1. The molecule has 0 aliphatic rings. The zero-order valence-electron chi connectivity index (χ0n) is 11.3. The van der Waals surface area contributed by atoms with Crippen LogP contribution in [0.3, 0.4) is 0 Å². The van der Waals surface area contributed by atoms with Crippen LogP contribution in [0.5, 0.6) is 0 Å². The third kappa shape index (κ3) is 4.26. The number of carbonyl (C=O) groups is 1. The molecule has 0 unspecified atom stereocenters. The van der Waals surface area contributed by atoms with Gasteiger partial charge in [-0.15, -0.1) is 0 Å². The van der Waals surface area contributed by atoms with E-state index >= 15 is 0 Å². The zero-order chi connectivity index (χ0) is 15.2. The molecule has 0 saturated carbocycles. The summed E-state index contributed by atoms with van der Waals surface area (Å²) in [5.41, 5.74) is 8.49. The van der Waals surface area contributed by atoms with Crippen molar-refractivity contribution in [1.82, 2.24) is 0 Å². The normalized spacial score (nSPS) is 11.6. The van der Waals surface area contributed by atoms with Crippen molar-refractivity contribution in [1.29, 1.82) is 5.26 Å². The van der Waals surface area contributed by atoms with E-state index in [-0.39, 0.29) is 5.75 Å². The Morgan fingerprint density at radius 2 is 1.86 bits per heavy atom. The lowest BCUT2D eigenvalue weighted by Crippen LogP contribution is -2.20. The predicted octanol–water partition coefficient (Wildman–Crippen LogP) is 1.96. The van der Waals surface area contributed by atoms with Gasteiger partial charge in [0.1, 0.15) is 5.75 Å². The summed E-state index contributed by atoms with van der Waals surface area (Å²) in [6, 6.07) is 17.0. The molecule has 21 heavy (non-hydrogen) atoms. The van der Waals surface area contributed by atoms with E-state index in [1.54, 1.807) is 12.1 Å². The number of amides is 1. The molecule has 0 spiro atoms. The van der Waals surface area contributed by atoms with Crippen LogP contribution >= 0.6 is 0 Å². The number of nitrogens with zero attached hydrogens (tertiary/aromatic N) is 1. The number of carbonyl (C=O) groups excluding carboxylic acids is 1. The second-order valence-corrected chi connectivity index (χ2v) is 6.04. The number of nitrogens with two attached hydrogens (primary N) is 1. The fraction of sp³-hybridized carbons (Fsp3) is 0.125. The summed E-state index contributed by atoms with van der Waals surface area (Å²) in [6.07, 6.45) is 0. The maximum absolute atomic E-state index is 11.7. The third-order valence-corrected chi connectivity index (χ3v) is 4.17. The Balaban J connectivity index is 2.19. The highest BCUT2D eigenvalue weighted by atomic mass is 32.2. The molecule has 2 aromatic carbocycles. The van der Waals surface area contributed by atoms with Gasteiger partial charge < -0.3 is 5.73 Å². The Morgan fingerprint density at radius 3 is 2.48 bits per heavy atom.